The van der Waals surface area contributed by atoms with Crippen molar-refractivity contribution in [3.05, 3.63) is 62.8 Å². The molecule has 1 heterocycles. The van der Waals surface area contributed by atoms with Gasteiger partial charge in [0.25, 0.3) is 0 Å². The molecule has 3 rings (SSSR count). The number of hydrogen-bond acceptors (Lipinski definition) is 5. The second-order valence-electron chi connectivity index (χ2n) is 6.43. The number of nitrogens with one attached hydrogen (secondary N) is 2. The predicted molar refractivity (Wildman–Crippen MR) is 113 cm³/mol. The minimum absolute atomic E-state index is 0. The van der Waals surface area contributed by atoms with Gasteiger partial charge in [0.05, 0.1) is 10.8 Å². The zero-order valence-electron chi connectivity index (χ0n) is 15.2. The number of aromatic amines is 1. The first-order valence-corrected chi connectivity index (χ1v) is 9.71. The first kappa shape index (κ1) is 21.4. The molecule has 7 heteroatoms. The van der Waals surface area contributed by atoms with E-state index in [1.807, 2.05) is 0 Å². The second-order valence-corrected chi connectivity index (χ2v) is 7.41. The molecule has 2 aromatic carbocycles. The first-order valence-electron chi connectivity index (χ1n) is 8.89. The predicted octanol–water partition coefficient (Wildman–Crippen LogP) is 3.54. The van der Waals surface area contributed by atoms with Gasteiger partial charge in [-0.1, -0.05) is 55.0 Å². The first-order chi connectivity index (χ1) is 12.6. The van der Waals surface area contributed by atoms with Crippen molar-refractivity contribution in [2.24, 2.45) is 0 Å². The third kappa shape index (κ3) is 5.32. The maximum Gasteiger partial charge on any atom is 0.305 e. The van der Waals surface area contributed by atoms with E-state index in [4.69, 9.17) is 0 Å². The number of aryl methyl sites for hydroxylation is 1. The zero-order chi connectivity index (χ0) is 18.5. The number of aromatic nitrogens is 1. The zero-order valence-corrected chi connectivity index (χ0v) is 16.8. The monoisotopic (exact) mass is 408 g/mol. The van der Waals surface area contributed by atoms with Gasteiger partial charge in [0, 0.05) is 12.1 Å². The van der Waals surface area contributed by atoms with Crippen LogP contribution in [0.25, 0.3) is 10.2 Å². The van der Waals surface area contributed by atoms with E-state index in [0.29, 0.717) is 22.3 Å². The van der Waals surface area contributed by atoms with E-state index in [-0.39, 0.29) is 23.0 Å². The lowest BCUT2D eigenvalue weighted by Crippen LogP contribution is -2.23. The summed E-state index contributed by atoms with van der Waals surface area (Å²) >= 11 is 1.00. The Kier molecular flexibility index (Phi) is 7.86. The summed E-state index contributed by atoms with van der Waals surface area (Å²) in [5.41, 5.74) is 3.67. The molecule has 0 saturated heterocycles. The summed E-state index contributed by atoms with van der Waals surface area (Å²) in [4.78, 5) is 13.9. The van der Waals surface area contributed by atoms with Gasteiger partial charge in [-0.2, -0.15) is 0 Å². The standard InChI is InChI=1S/C20H24N2O3S.ClH/c1-2-3-13-4-6-14(7-5-13)10-11-21-12-17(24)15-8-9-16(23)18-19(15)26-20(25)22-18;/h4-9,17,21,23-24H,2-3,10-12H2,1H3,(H,22,25);1H/t17-;/m1./s1. The van der Waals surface area contributed by atoms with Crippen molar-refractivity contribution in [2.45, 2.75) is 32.3 Å². The number of aliphatic hydroxyl groups is 1. The number of H-pyrrole nitrogens is 1. The van der Waals surface area contributed by atoms with Crippen LogP contribution in [0.4, 0.5) is 0 Å². The average molecular weight is 409 g/mol. The van der Waals surface area contributed by atoms with Gasteiger partial charge in [0.2, 0.25) is 0 Å². The summed E-state index contributed by atoms with van der Waals surface area (Å²) in [6.07, 6.45) is 2.41. The van der Waals surface area contributed by atoms with Crippen LogP contribution in [0.3, 0.4) is 0 Å². The number of phenolic OH excluding ortho intramolecular Hbond substituents is 1. The fourth-order valence-electron chi connectivity index (χ4n) is 3.04. The Labute approximate surface area is 168 Å². The molecule has 0 spiro atoms. The average Bonchev–Trinajstić information content (AvgIpc) is 3.03. The largest absolute Gasteiger partial charge is 0.506 e. The van der Waals surface area contributed by atoms with E-state index in [0.717, 1.165) is 37.1 Å². The Morgan fingerprint density at radius 1 is 1.11 bits per heavy atom. The summed E-state index contributed by atoms with van der Waals surface area (Å²) in [7, 11) is 0. The van der Waals surface area contributed by atoms with Gasteiger partial charge in [-0.25, -0.2) is 0 Å². The van der Waals surface area contributed by atoms with E-state index < -0.39 is 6.10 Å². The fourth-order valence-corrected chi connectivity index (χ4v) is 3.96. The molecule has 0 aliphatic heterocycles. The van der Waals surface area contributed by atoms with Crippen molar-refractivity contribution in [1.29, 1.82) is 0 Å². The molecule has 0 amide bonds. The molecular formula is C20H25ClN2O3S. The Balaban J connectivity index is 0.00000261. The number of aliphatic hydroxyl groups excluding tert-OH is 1. The number of rotatable bonds is 8. The van der Waals surface area contributed by atoms with Gasteiger partial charge in [-0.15, -0.1) is 12.4 Å². The summed E-state index contributed by atoms with van der Waals surface area (Å²) < 4.78 is 0.607. The molecule has 0 fully saturated rings. The van der Waals surface area contributed by atoms with Crippen molar-refractivity contribution in [1.82, 2.24) is 10.3 Å². The molecule has 1 atom stereocenters. The number of fused-ring (bicyclic) bond motifs is 1. The molecule has 0 unspecified atom stereocenters. The Hall–Kier alpha value is -1.86. The quantitative estimate of drug-likeness (QED) is 0.429. The summed E-state index contributed by atoms with van der Waals surface area (Å²) in [5, 5.41) is 23.5. The van der Waals surface area contributed by atoms with Crippen LogP contribution in [0.2, 0.25) is 0 Å². The highest BCUT2D eigenvalue weighted by Gasteiger charge is 2.15. The molecule has 1 aromatic heterocycles. The highest BCUT2D eigenvalue weighted by atomic mass is 35.5. The maximum atomic E-state index is 11.6. The Morgan fingerprint density at radius 3 is 2.44 bits per heavy atom. The molecule has 0 radical (unpaired) electrons. The van der Waals surface area contributed by atoms with Gasteiger partial charge in [0.1, 0.15) is 11.3 Å². The lowest BCUT2D eigenvalue weighted by atomic mass is 10.1. The molecule has 0 aliphatic rings. The molecule has 0 saturated carbocycles. The van der Waals surface area contributed by atoms with Crippen LogP contribution in [-0.4, -0.2) is 28.3 Å². The van der Waals surface area contributed by atoms with Gasteiger partial charge < -0.3 is 20.5 Å². The normalized spacial score (nSPS) is 12.1. The maximum absolute atomic E-state index is 11.6. The molecule has 4 N–H and O–H groups in total. The van der Waals surface area contributed by atoms with E-state index in [9.17, 15) is 15.0 Å². The van der Waals surface area contributed by atoms with E-state index >= 15 is 0 Å². The van der Waals surface area contributed by atoms with E-state index in [1.165, 1.54) is 17.2 Å². The van der Waals surface area contributed by atoms with Crippen molar-refractivity contribution >= 4 is 34.0 Å². The van der Waals surface area contributed by atoms with Crippen LogP contribution < -0.4 is 10.2 Å². The molecular weight excluding hydrogens is 384 g/mol. The summed E-state index contributed by atoms with van der Waals surface area (Å²) in [5.74, 6) is 0.0220. The lowest BCUT2D eigenvalue weighted by molar-refractivity contribution is 0.176. The molecule has 0 aliphatic carbocycles. The van der Waals surface area contributed by atoms with Gasteiger partial charge >= 0.3 is 4.87 Å². The molecule has 3 aromatic rings. The summed E-state index contributed by atoms with van der Waals surface area (Å²) in [6, 6.07) is 11.8. The van der Waals surface area contributed by atoms with E-state index in [2.05, 4.69) is 41.5 Å². The van der Waals surface area contributed by atoms with Crippen molar-refractivity contribution in [3.8, 4) is 5.75 Å². The van der Waals surface area contributed by atoms with Crippen molar-refractivity contribution in [3.63, 3.8) is 0 Å². The highest BCUT2D eigenvalue weighted by Crippen LogP contribution is 2.31. The number of benzene rings is 2. The third-order valence-corrected chi connectivity index (χ3v) is 5.37. The van der Waals surface area contributed by atoms with Crippen LogP contribution in [-0.2, 0) is 12.8 Å². The van der Waals surface area contributed by atoms with Crippen LogP contribution in [0, 0.1) is 0 Å². The summed E-state index contributed by atoms with van der Waals surface area (Å²) in [6.45, 7) is 3.33. The van der Waals surface area contributed by atoms with Crippen LogP contribution >= 0.6 is 23.7 Å². The van der Waals surface area contributed by atoms with Crippen LogP contribution in [0.15, 0.2) is 41.2 Å². The number of aromatic hydroxyl groups is 1. The second kappa shape index (κ2) is 9.90. The van der Waals surface area contributed by atoms with Crippen LogP contribution in [0.5, 0.6) is 5.75 Å². The smallest absolute Gasteiger partial charge is 0.305 e. The van der Waals surface area contributed by atoms with Gasteiger partial charge in [-0.3, -0.25) is 4.79 Å². The molecule has 27 heavy (non-hydrogen) atoms. The number of hydrogen-bond donors (Lipinski definition) is 4. The van der Waals surface area contributed by atoms with Gasteiger partial charge in [-0.05, 0) is 36.6 Å². The fraction of sp³-hybridized carbons (Fsp3) is 0.350. The number of thiazole rings is 1. The molecule has 0 bridgehead atoms. The highest BCUT2D eigenvalue weighted by molar-refractivity contribution is 7.16. The Morgan fingerprint density at radius 2 is 1.78 bits per heavy atom. The minimum atomic E-state index is -0.739. The van der Waals surface area contributed by atoms with Gasteiger partial charge in [0.15, 0.2) is 0 Å². The van der Waals surface area contributed by atoms with Crippen molar-refractivity contribution in [2.75, 3.05) is 13.1 Å². The number of halogens is 1. The SMILES string of the molecule is CCCc1ccc(CCNC[C@@H](O)c2ccc(O)c3[nH]c(=O)sc23)cc1.Cl. The lowest BCUT2D eigenvalue weighted by Gasteiger charge is -2.13. The Bertz CT molecular complexity index is 921. The minimum Gasteiger partial charge on any atom is -0.506 e. The molecule has 146 valence electrons. The third-order valence-electron chi connectivity index (χ3n) is 4.44. The number of phenols is 1. The van der Waals surface area contributed by atoms with E-state index in [1.54, 1.807) is 6.07 Å². The molecule has 5 nitrogen and oxygen atoms in total. The van der Waals surface area contributed by atoms with Crippen LogP contribution in [0.1, 0.15) is 36.1 Å². The topological polar surface area (TPSA) is 85.3 Å². The van der Waals surface area contributed by atoms with Crippen molar-refractivity contribution < 1.29 is 10.2 Å².